The summed E-state index contributed by atoms with van der Waals surface area (Å²) in [5, 5.41) is 11.3. The molecule has 94 valence electrons. The molecule has 0 saturated heterocycles. The van der Waals surface area contributed by atoms with E-state index in [2.05, 4.69) is 10.3 Å². The van der Waals surface area contributed by atoms with Gasteiger partial charge in [-0.1, -0.05) is 6.07 Å². The molecular formula is C11H10N2O5. The highest BCUT2D eigenvalue weighted by atomic mass is 16.4. The molecule has 1 heterocycles. The zero-order chi connectivity index (χ0) is 13.3. The first-order valence-corrected chi connectivity index (χ1v) is 5.10. The van der Waals surface area contributed by atoms with Gasteiger partial charge in [0, 0.05) is 6.92 Å². The number of carbonyl (C=O) groups is 2. The summed E-state index contributed by atoms with van der Waals surface area (Å²) in [7, 11) is 0. The first-order chi connectivity index (χ1) is 8.47. The molecule has 7 nitrogen and oxygen atoms in total. The van der Waals surface area contributed by atoms with Crippen LogP contribution in [0.2, 0.25) is 0 Å². The summed E-state index contributed by atoms with van der Waals surface area (Å²) >= 11 is 0. The summed E-state index contributed by atoms with van der Waals surface area (Å²) in [6, 6.07) is 3.24. The van der Waals surface area contributed by atoms with Gasteiger partial charge in [-0.3, -0.25) is 9.78 Å². The Morgan fingerprint density at radius 1 is 1.44 bits per heavy atom. The molecule has 0 fully saturated rings. The molecule has 0 aliphatic heterocycles. The van der Waals surface area contributed by atoms with E-state index < -0.39 is 23.7 Å². The highest BCUT2D eigenvalue weighted by Gasteiger charge is 2.21. The number of oxazole rings is 1. The van der Waals surface area contributed by atoms with E-state index in [1.54, 1.807) is 0 Å². The van der Waals surface area contributed by atoms with Crippen molar-refractivity contribution < 1.29 is 19.1 Å². The smallest absolute Gasteiger partial charge is 0.417 e. The maximum Gasteiger partial charge on any atom is 0.417 e. The number of aromatic amines is 1. The van der Waals surface area contributed by atoms with Crippen molar-refractivity contribution >= 4 is 23.0 Å². The number of aliphatic carboxylic acids is 1. The Morgan fingerprint density at radius 2 is 2.17 bits per heavy atom. The number of amides is 1. The number of carbonyl (C=O) groups excluding carboxylic acids is 1. The lowest BCUT2D eigenvalue weighted by molar-refractivity contribution is -0.141. The van der Waals surface area contributed by atoms with Crippen LogP contribution in [0.5, 0.6) is 0 Å². The topological polar surface area (TPSA) is 112 Å². The molecule has 18 heavy (non-hydrogen) atoms. The molecule has 2 rings (SSSR count). The quantitative estimate of drug-likeness (QED) is 0.729. The molecule has 3 N–H and O–H groups in total. The van der Waals surface area contributed by atoms with Gasteiger partial charge in [0.15, 0.2) is 11.6 Å². The average Bonchev–Trinajstić information content (AvgIpc) is 2.64. The molecule has 0 spiro atoms. The van der Waals surface area contributed by atoms with Crippen LogP contribution in [-0.2, 0) is 9.59 Å². The van der Waals surface area contributed by atoms with Crippen LogP contribution in [-0.4, -0.2) is 22.0 Å². The van der Waals surface area contributed by atoms with Crippen molar-refractivity contribution in [3.63, 3.8) is 0 Å². The van der Waals surface area contributed by atoms with E-state index in [0.717, 1.165) is 0 Å². The third kappa shape index (κ3) is 2.24. The fraction of sp³-hybridized carbons (Fsp3) is 0.182. The number of hydrogen-bond acceptors (Lipinski definition) is 4. The third-order valence-electron chi connectivity index (χ3n) is 2.37. The number of nitrogens with one attached hydrogen (secondary N) is 2. The molecule has 2 aromatic rings. The van der Waals surface area contributed by atoms with E-state index in [1.165, 1.54) is 25.1 Å². The van der Waals surface area contributed by atoms with Gasteiger partial charge in [-0.25, -0.2) is 9.59 Å². The number of rotatable bonds is 3. The zero-order valence-electron chi connectivity index (χ0n) is 9.39. The Bertz CT molecular complexity index is 669. The van der Waals surface area contributed by atoms with E-state index >= 15 is 0 Å². The molecule has 0 aliphatic rings. The first kappa shape index (κ1) is 11.9. The second kappa shape index (κ2) is 4.36. The molecule has 1 unspecified atom stereocenters. The summed E-state index contributed by atoms with van der Waals surface area (Å²) in [5.74, 6) is -2.26. The van der Waals surface area contributed by atoms with Crippen LogP contribution in [0, 0.1) is 0 Å². The lowest BCUT2D eigenvalue weighted by Gasteiger charge is -2.13. The number of H-pyrrole nitrogens is 1. The van der Waals surface area contributed by atoms with Crippen LogP contribution in [0.25, 0.3) is 11.1 Å². The van der Waals surface area contributed by atoms with E-state index in [4.69, 9.17) is 9.52 Å². The van der Waals surface area contributed by atoms with Crippen molar-refractivity contribution in [3.05, 3.63) is 34.3 Å². The monoisotopic (exact) mass is 250 g/mol. The number of benzene rings is 1. The Labute approximate surface area is 100 Å². The fourth-order valence-electron chi connectivity index (χ4n) is 1.64. The lowest BCUT2D eigenvalue weighted by Crippen LogP contribution is -2.31. The molecule has 0 aliphatic carbocycles. The van der Waals surface area contributed by atoms with Crippen LogP contribution in [0.3, 0.4) is 0 Å². The van der Waals surface area contributed by atoms with Gasteiger partial charge >= 0.3 is 11.7 Å². The molecule has 1 amide bonds. The predicted octanol–water partition coefficient (Wildman–Crippen LogP) is 0.383. The maximum absolute atomic E-state index is 11.1. The summed E-state index contributed by atoms with van der Waals surface area (Å²) in [6.45, 7) is 1.23. The standard InChI is InChI=1S/C11H10N2O5/c1-5(14)12-9(10(15)16)6-2-3-8-7(4-6)13-11(17)18-8/h2-4,9H,1H3,(H,12,14)(H,13,17)(H,15,16). The maximum atomic E-state index is 11.1. The molecule has 0 radical (unpaired) electrons. The van der Waals surface area contributed by atoms with Gasteiger partial charge in [-0.2, -0.15) is 0 Å². The van der Waals surface area contributed by atoms with Gasteiger partial charge in [0.1, 0.15) is 0 Å². The molecule has 0 saturated carbocycles. The van der Waals surface area contributed by atoms with Crippen molar-refractivity contribution in [1.82, 2.24) is 10.3 Å². The second-order valence-corrected chi connectivity index (χ2v) is 3.74. The first-order valence-electron chi connectivity index (χ1n) is 5.10. The van der Waals surface area contributed by atoms with Crippen LogP contribution < -0.4 is 11.1 Å². The molecule has 1 atom stereocenters. The Morgan fingerprint density at radius 3 is 2.78 bits per heavy atom. The molecule has 1 aromatic heterocycles. The van der Waals surface area contributed by atoms with Crippen molar-refractivity contribution in [2.75, 3.05) is 0 Å². The van der Waals surface area contributed by atoms with Gasteiger partial charge in [0.05, 0.1) is 5.52 Å². The average molecular weight is 250 g/mol. The largest absolute Gasteiger partial charge is 0.479 e. The van der Waals surface area contributed by atoms with Crippen molar-refractivity contribution in [2.24, 2.45) is 0 Å². The summed E-state index contributed by atoms with van der Waals surface area (Å²) in [6.07, 6.45) is 0. The van der Waals surface area contributed by atoms with Crippen molar-refractivity contribution in [3.8, 4) is 0 Å². The highest BCUT2D eigenvalue weighted by molar-refractivity contribution is 5.84. The number of carboxylic acids is 1. The SMILES string of the molecule is CC(=O)NC(C(=O)O)c1ccc2oc(=O)[nH]c2c1. The third-order valence-corrected chi connectivity index (χ3v) is 2.37. The number of hydrogen-bond donors (Lipinski definition) is 3. The zero-order valence-corrected chi connectivity index (χ0v) is 9.39. The van der Waals surface area contributed by atoms with E-state index in [0.29, 0.717) is 16.7 Å². The number of aromatic nitrogens is 1. The fourth-order valence-corrected chi connectivity index (χ4v) is 1.64. The van der Waals surface area contributed by atoms with Crippen LogP contribution in [0.15, 0.2) is 27.4 Å². The number of fused-ring (bicyclic) bond motifs is 1. The normalized spacial score (nSPS) is 12.3. The Hall–Kier alpha value is -2.57. The molecular weight excluding hydrogens is 240 g/mol. The van der Waals surface area contributed by atoms with Crippen LogP contribution in [0.1, 0.15) is 18.5 Å². The molecule has 1 aromatic carbocycles. The minimum absolute atomic E-state index is 0.329. The van der Waals surface area contributed by atoms with E-state index in [-0.39, 0.29) is 0 Å². The van der Waals surface area contributed by atoms with Crippen LogP contribution in [0.4, 0.5) is 0 Å². The lowest BCUT2D eigenvalue weighted by atomic mass is 10.1. The van der Waals surface area contributed by atoms with Gasteiger partial charge in [-0.15, -0.1) is 0 Å². The van der Waals surface area contributed by atoms with Gasteiger partial charge in [-0.05, 0) is 17.7 Å². The van der Waals surface area contributed by atoms with Gasteiger partial charge in [0.25, 0.3) is 0 Å². The highest BCUT2D eigenvalue weighted by Crippen LogP contribution is 2.18. The summed E-state index contributed by atoms with van der Waals surface area (Å²) < 4.78 is 4.80. The van der Waals surface area contributed by atoms with Crippen molar-refractivity contribution in [1.29, 1.82) is 0 Å². The number of carboxylic acid groups (broad SMARTS) is 1. The van der Waals surface area contributed by atoms with E-state index in [1.807, 2.05) is 0 Å². The van der Waals surface area contributed by atoms with Crippen molar-refractivity contribution in [2.45, 2.75) is 13.0 Å². The van der Waals surface area contributed by atoms with Gasteiger partial charge < -0.3 is 14.8 Å². The van der Waals surface area contributed by atoms with E-state index in [9.17, 15) is 14.4 Å². The summed E-state index contributed by atoms with van der Waals surface area (Å²) in [4.78, 5) is 35.4. The Kier molecular flexibility index (Phi) is 2.88. The summed E-state index contributed by atoms with van der Waals surface area (Å²) in [5.41, 5.74) is 1.06. The Balaban J connectivity index is 2.46. The van der Waals surface area contributed by atoms with Crippen LogP contribution >= 0.6 is 0 Å². The second-order valence-electron chi connectivity index (χ2n) is 3.74. The molecule has 0 bridgehead atoms. The molecule has 7 heteroatoms. The minimum atomic E-state index is -1.18. The van der Waals surface area contributed by atoms with Gasteiger partial charge in [0.2, 0.25) is 5.91 Å². The predicted molar refractivity (Wildman–Crippen MR) is 61.0 cm³/mol. The minimum Gasteiger partial charge on any atom is -0.479 e.